The van der Waals surface area contributed by atoms with E-state index in [0.717, 1.165) is 23.9 Å². The van der Waals surface area contributed by atoms with Crippen molar-refractivity contribution in [3.05, 3.63) is 11.1 Å². The Kier molecular flexibility index (Phi) is 4.76. The molecule has 2 rings (SSSR count). The Balaban J connectivity index is 1.88. The molecule has 1 saturated heterocycles. The molecule has 1 aromatic rings. The average Bonchev–Trinajstić information content (AvgIpc) is 2.98. The van der Waals surface area contributed by atoms with Crippen molar-refractivity contribution in [3.63, 3.8) is 0 Å². The number of ether oxygens (including phenoxy) is 1. The molecule has 1 unspecified atom stereocenters. The Labute approximate surface area is 118 Å². The first kappa shape index (κ1) is 14.3. The van der Waals surface area contributed by atoms with Crippen molar-refractivity contribution in [2.75, 3.05) is 45.7 Å². The zero-order valence-electron chi connectivity index (χ0n) is 11.8. The van der Waals surface area contributed by atoms with E-state index in [1.54, 1.807) is 11.3 Å². The van der Waals surface area contributed by atoms with Gasteiger partial charge in [-0.05, 0) is 25.9 Å². The van der Waals surface area contributed by atoms with Crippen molar-refractivity contribution in [2.24, 2.45) is 5.92 Å². The summed E-state index contributed by atoms with van der Waals surface area (Å²) < 4.78 is 4.65. The summed E-state index contributed by atoms with van der Waals surface area (Å²) in [6.07, 6.45) is 1.51. The van der Waals surface area contributed by atoms with Crippen LogP contribution in [0.3, 0.4) is 0 Å². The van der Waals surface area contributed by atoms with Crippen LogP contribution in [0.25, 0.3) is 0 Å². The molecule has 0 amide bonds. The van der Waals surface area contributed by atoms with Crippen LogP contribution in [0.2, 0.25) is 0 Å². The lowest BCUT2D eigenvalue weighted by atomic mass is 10.1. The quantitative estimate of drug-likeness (QED) is 0.761. The number of nitrogens with zero attached hydrogens (tertiary/aromatic N) is 3. The summed E-state index contributed by atoms with van der Waals surface area (Å²) in [5.74, 6) is 0.472. The van der Waals surface area contributed by atoms with Crippen molar-refractivity contribution in [1.82, 2.24) is 9.88 Å². The summed E-state index contributed by atoms with van der Waals surface area (Å²) >= 11 is 1.59. The Morgan fingerprint density at radius 1 is 1.68 bits per heavy atom. The van der Waals surface area contributed by atoms with Crippen LogP contribution >= 0.6 is 11.3 Å². The number of aromatic nitrogens is 1. The molecule has 0 saturated carbocycles. The number of carbonyl (C=O) groups excluding carboxylic acids is 1. The van der Waals surface area contributed by atoms with Gasteiger partial charge in [0.25, 0.3) is 0 Å². The van der Waals surface area contributed by atoms with E-state index >= 15 is 0 Å². The third kappa shape index (κ3) is 3.91. The van der Waals surface area contributed by atoms with Gasteiger partial charge in [-0.1, -0.05) is 0 Å². The third-order valence-electron chi connectivity index (χ3n) is 3.44. The summed E-state index contributed by atoms with van der Waals surface area (Å²) in [7, 11) is 5.63. The van der Waals surface area contributed by atoms with Crippen LogP contribution in [-0.4, -0.2) is 56.7 Å². The van der Waals surface area contributed by atoms with Crippen LogP contribution < -0.4 is 4.90 Å². The average molecular weight is 283 g/mol. The lowest BCUT2D eigenvalue weighted by molar-refractivity contribution is -0.139. The van der Waals surface area contributed by atoms with Gasteiger partial charge in [0.05, 0.1) is 19.2 Å². The number of rotatable bonds is 5. The van der Waals surface area contributed by atoms with Gasteiger partial charge in [-0.2, -0.15) is 0 Å². The molecule has 0 bridgehead atoms. The second-order valence-electron chi connectivity index (χ2n) is 5.17. The van der Waals surface area contributed by atoms with Gasteiger partial charge >= 0.3 is 5.97 Å². The molecule has 1 aliphatic heterocycles. The standard InChI is InChI=1S/C13H21N3O2S/c1-15-5-4-10(7-15)8-16(2)13-14-11(9-19-13)6-12(17)18-3/h9-10H,4-8H2,1-3H3. The van der Waals surface area contributed by atoms with E-state index in [4.69, 9.17) is 0 Å². The lowest BCUT2D eigenvalue weighted by Crippen LogP contribution is -2.27. The Morgan fingerprint density at radius 3 is 3.11 bits per heavy atom. The first-order valence-electron chi connectivity index (χ1n) is 6.49. The normalized spacial score (nSPS) is 19.6. The van der Waals surface area contributed by atoms with Crippen molar-refractivity contribution in [2.45, 2.75) is 12.8 Å². The molecule has 0 radical (unpaired) electrons. The molecule has 0 spiro atoms. The molecule has 1 fully saturated rings. The van der Waals surface area contributed by atoms with Crippen molar-refractivity contribution >= 4 is 22.4 Å². The molecule has 6 heteroatoms. The lowest BCUT2D eigenvalue weighted by Gasteiger charge is -2.20. The molecule has 1 aliphatic rings. The third-order valence-corrected chi connectivity index (χ3v) is 4.44. The molecule has 0 N–H and O–H groups in total. The van der Waals surface area contributed by atoms with E-state index < -0.39 is 0 Å². The smallest absolute Gasteiger partial charge is 0.311 e. The number of carbonyl (C=O) groups is 1. The predicted molar refractivity (Wildman–Crippen MR) is 76.7 cm³/mol. The number of anilines is 1. The van der Waals surface area contributed by atoms with E-state index in [2.05, 4.69) is 33.6 Å². The largest absolute Gasteiger partial charge is 0.469 e. The molecular formula is C13H21N3O2S. The zero-order valence-corrected chi connectivity index (χ0v) is 12.6. The summed E-state index contributed by atoms with van der Waals surface area (Å²) in [6, 6.07) is 0. The van der Waals surface area contributed by atoms with E-state index in [0.29, 0.717) is 5.92 Å². The topological polar surface area (TPSA) is 45.7 Å². The van der Waals surface area contributed by atoms with Gasteiger partial charge in [-0.3, -0.25) is 4.79 Å². The van der Waals surface area contributed by atoms with E-state index in [-0.39, 0.29) is 12.4 Å². The molecule has 1 atom stereocenters. The maximum Gasteiger partial charge on any atom is 0.311 e. The van der Waals surface area contributed by atoms with Crippen LogP contribution in [0.1, 0.15) is 12.1 Å². The predicted octanol–water partition coefficient (Wildman–Crippen LogP) is 1.25. The summed E-state index contributed by atoms with van der Waals surface area (Å²) in [6.45, 7) is 3.37. The summed E-state index contributed by atoms with van der Waals surface area (Å²) in [5.41, 5.74) is 0.794. The number of hydrogen-bond acceptors (Lipinski definition) is 6. The highest BCUT2D eigenvalue weighted by Gasteiger charge is 2.21. The van der Waals surface area contributed by atoms with Gasteiger partial charge in [0, 0.05) is 25.5 Å². The highest BCUT2D eigenvalue weighted by molar-refractivity contribution is 7.13. The number of hydrogen-bond donors (Lipinski definition) is 0. The van der Waals surface area contributed by atoms with Gasteiger partial charge in [0.15, 0.2) is 5.13 Å². The summed E-state index contributed by atoms with van der Waals surface area (Å²) in [4.78, 5) is 20.2. The highest BCUT2D eigenvalue weighted by Crippen LogP contribution is 2.23. The van der Waals surface area contributed by atoms with Crippen LogP contribution in [0, 0.1) is 5.92 Å². The number of esters is 1. The molecule has 19 heavy (non-hydrogen) atoms. The maximum absolute atomic E-state index is 11.2. The Bertz CT molecular complexity index is 435. The van der Waals surface area contributed by atoms with E-state index in [1.165, 1.54) is 20.1 Å². The first-order chi connectivity index (χ1) is 9.08. The first-order valence-corrected chi connectivity index (χ1v) is 7.37. The van der Waals surface area contributed by atoms with Crippen LogP contribution in [0.15, 0.2) is 5.38 Å². The fourth-order valence-electron chi connectivity index (χ4n) is 2.41. The number of likely N-dealkylation sites (tertiary alicyclic amines) is 1. The van der Waals surface area contributed by atoms with Gasteiger partial charge in [-0.25, -0.2) is 4.98 Å². The summed E-state index contributed by atoms with van der Waals surface area (Å²) in [5, 5.41) is 2.91. The maximum atomic E-state index is 11.2. The second-order valence-corrected chi connectivity index (χ2v) is 6.01. The minimum absolute atomic E-state index is 0.239. The van der Waals surface area contributed by atoms with Crippen molar-refractivity contribution in [3.8, 4) is 0 Å². The van der Waals surface area contributed by atoms with Gasteiger partial charge < -0.3 is 14.5 Å². The minimum atomic E-state index is -0.239. The van der Waals surface area contributed by atoms with Crippen molar-refractivity contribution in [1.29, 1.82) is 0 Å². The molecule has 0 aromatic carbocycles. The van der Waals surface area contributed by atoms with Gasteiger partial charge in [-0.15, -0.1) is 11.3 Å². The Hall–Kier alpha value is -1.14. The molecule has 2 heterocycles. The molecular weight excluding hydrogens is 262 g/mol. The molecule has 0 aliphatic carbocycles. The highest BCUT2D eigenvalue weighted by atomic mass is 32.1. The second kappa shape index (κ2) is 6.34. The zero-order chi connectivity index (χ0) is 13.8. The van der Waals surface area contributed by atoms with Crippen LogP contribution in [0.4, 0.5) is 5.13 Å². The fraction of sp³-hybridized carbons (Fsp3) is 0.692. The van der Waals surface area contributed by atoms with Crippen molar-refractivity contribution < 1.29 is 9.53 Å². The SMILES string of the molecule is COC(=O)Cc1csc(N(C)CC2CCN(C)C2)n1. The van der Waals surface area contributed by atoms with E-state index in [9.17, 15) is 4.79 Å². The van der Waals surface area contributed by atoms with Gasteiger partial charge in [0.1, 0.15) is 0 Å². The monoisotopic (exact) mass is 283 g/mol. The number of methoxy groups -OCH3 is 1. The van der Waals surface area contributed by atoms with Gasteiger partial charge in [0.2, 0.25) is 0 Å². The Morgan fingerprint density at radius 2 is 2.47 bits per heavy atom. The van der Waals surface area contributed by atoms with E-state index in [1.807, 2.05) is 5.38 Å². The molecule has 106 valence electrons. The van der Waals surface area contributed by atoms with Crippen LogP contribution in [-0.2, 0) is 16.0 Å². The minimum Gasteiger partial charge on any atom is -0.469 e. The molecule has 5 nitrogen and oxygen atoms in total. The van der Waals surface area contributed by atoms with Crippen LogP contribution in [0.5, 0.6) is 0 Å². The fourth-order valence-corrected chi connectivity index (χ4v) is 3.22. The molecule has 1 aromatic heterocycles. The number of thiazole rings is 1.